The van der Waals surface area contributed by atoms with E-state index < -0.39 is 33.7 Å². The third-order valence-corrected chi connectivity index (χ3v) is 6.36. The molecule has 4 N–H and O–H groups in total. The van der Waals surface area contributed by atoms with Crippen molar-refractivity contribution in [3.63, 3.8) is 0 Å². The van der Waals surface area contributed by atoms with Gasteiger partial charge in [0.05, 0.1) is 0 Å². The first kappa shape index (κ1) is 34.7. The summed E-state index contributed by atoms with van der Waals surface area (Å²) in [6, 6.07) is 0. The molecule has 0 saturated carbocycles. The van der Waals surface area contributed by atoms with Crippen LogP contribution in [0.2, 0.25) is 0 Å². The molecule has 10 heteroatoms. The monoisotopic (exact) mass is 561 g/mol. The Morgan fingerprint density at radius 1 is 0.743 bits per heavy atom. The second-order valence-corrected chi connectivity index (χ2v) is 11.7. The summed E-state index contributed by atoms with van der Waals surface area (Å²) in [5.74, 6) is -2.41. The first-order valence-electron chi connectivity index (χ1n) is 13.1. The average molecular weight is 563 g/mol. The Balaban J connectivity index is 3.77. The molecule has 0 aliphatic heterocycles. The van der Waals surface area contributed by atoms with E-state index in [-0.39, 0.29) is 0 Å². The van der Waals surface area contributed by atoms with Gasteiger partial charge in [-0.2, -0.15) is 0 Å². The number of nitrogens with one attached hydrogen (secondary N) is 1. The Kier molecular flexibility index (Phi) is 19.6. The lowest BCUT2D eigenvalue weighted by Crippen LogP contribution is -2.59. The van der Waals surface area contributed by atoms with Crippen molar-refractivity contribution in [1.82, 2.24) is 5.32 Å². The number of aliphatic hydroxyl groups is 3. The molecule has 0 bridgehead atoms. The van der Waals surface area contributed by atoms with Crippen LogP contribution < -0.4 is 5.32 Å². The third kappa shape index (κ3) is 17.7. The van der Waals surface area contributed by atoms with Crippen LogP contribution in [0, 0.1) is 0 Å². The predicted molar refractivity (Wildman–Crippen MR) is 142 cm³/mol. The van der Waals surface area contributed by atoms with Crippen molar-refractivity contribution in [1.29, 1.82) is 0 Å². The first-order valence-corrected chi connectivity index (χ1v) is 14.2. The highest BCUT2D eigenvalue weighted by Crippen LogP contribution is 2.29. The van der Waals surface area contributed by atoms with E-state index in [2.05, 4.69) is 17.0 Å². The smallest absolute Gasteiger partial charge is 0.341 e. The second-order valence-electron chi connectivity index (χ2n) is 9.49. The highest BCUT2D eigenvalue weighted by molar-refractivity contribution is 6.66. The van der Waals surface area contributed by atoms with Crippen molar-refractivity contribution in [3.05, 3.63) is 0 Å². The lowest BCUT2D eigenvalue weighted by Gasteiger charge is -2.31. The molecule has 3 atom stereocenters. The molecule has 0 saturated heterocycles. The minimum atomic E-state index is -2.54. The molecule has 7 nitrogen and oxygen atoms in total. The van der Waals surface area contributed by atoms with E-state index in [0.717, 1.165) is 32.6 Å². The van der Waals surface area contributed by atoms with Gasteiger partial charge in [0.2, 0.25) is 0 Å². The van der Waals surface area contributed by atoms with Gasteiger partial charge in [-0.25, -0.2) is 4.79 Å². The van der Waals surface area contributed by atoms with E-state index in [4.69, 9.17) is 34.8 Å². The predicted octanol–water partition coefficient (Wildman–Crippen LogP) is 5.71. The molecule has 0 spiro atoms. The molecule has 0 aromatic heterocycles. The maximum absolute atomic E-state index is 12.1. The Bertz CT molecular complexity index is 572. The summed E-state index contributed by atoms with van der Waals surface area (Å²) in [6.07, 6.45) is 15.5. The molecule has 208 valence electrons. The van der Waals surface area contributed by atoms with Gasteiger partial charge in [-0.1, -0.05) is 103 Å². The molecule has 0 aromatic rings. The molecule has 0 fully saturated rings. The van der Waals surface area contributed by atoms with Gasteiger partial charge in [-0.05, 0) is 48.1 Å². The number of amides is 1. The van der Waals surface area contributed by atoms with Crippen molar-refractivity contribution in [2.45, 2.75) is 138 Å². The maximum Gasteiger partial charge on any atom is 0.341 e. The molecule has 0 rings (SSSR count). The summed E-state index contributed by atoms with van der Waals surface area (Å²) in [6.45, 7) is 3.47. The van der Waals surface area contributed by atoms with Crippen molar-refractivity contribution < 1.29 is 29.6 Å². The number of esters is 1. The van der Waals surface area contributed by atoms with Crippen LogP contribution in [-0.2, 0) is 14.3 Å². The largest absolute Gasteiger partial charge is 0.413 e. The van der Waals surface area contributed by atoms with Gasteiger partial charge in [0, 0.05) is 6.54 Å². The van der Waals surface area contributed by atoms with Crippen LogP contribution in [0.15, 0.2) is 0 Å². The number of hydrogen-bond acceptors (Lipinski definition) is 6. The number of aliphatic hydroxyl groups excluding tert-OH is 2. The van der Waals surface area contributed by atoms with Crippen molar-refractivity contribution in [3.8, 4) is 0 Å². The van der Waals surface area contributed by atoms with Crippen molar-refractivity contribution in [2.75, 3.05) is 6.54 Å². The summed E-state index contributed by atoms with van der Waals surface area (Å²) < 4.78 is 1.87. The van der Waals surface area contributed by atoms with Crippen LogP contribution >= 0.6 is 34.8 Å². The lowest BCUT2D eigenvalue weighted by atomic mass is 9.91. The zero-order valence-electron chi connectivity index (χ0n) is 21.4. The quantitative estimate of drug-likeness (QED) is 0.0809. The molecule has 0 aliphatic rings. The Morgan fingerprint density at radius 3 is 1.49 bits per heavy atom. The first-order chi connectivity index (χ1) is 16.4. The average Bonchev–Trinajstić information content (AvgIpc) is 2.78. The van der Waals surface area contributed by atoms with Crippen molar-refractivity contribution >= 4 is 46.7 Å². The third-order valence-electron chi connectivity index (χ3n) is 6.12. The Hall–Kier alpha value is -0.310. The molecule has 0 heterocycles. The fourth-order valence-electron chi connectivity index (χ4n) is 3.80. The van der Waals surface area contributed by atoms with Crippen LogP contribution in [0.4, 0.5) is 0 Å². The van der Waals surface area contributed by atoms with E-state index in [1.807, 2.05) is 0 Å². The number of rotatable bonds is 21. The van der Waals surface area contributed by atoms with Gasteiger partial charge in [-0.15, -0.1) is 0 Å². The van der Waals surface area contributed by atoms with Gasteiger partial charge < -0.3 is 25.4 Å². The molecule has 1 amide bonds. The Morgan fingerprint density at radius 2 is 1.11 bits per heavy atom. The number of hydrogen-bond donors (Lipinski definition) is 4. The standard InChI is InChI=1S/C25H46Cl3NO6/c1-3-4-5-6-7-8-9-10-11-12-13-14-15-16-17-18-19-29-22(32)20(30)24(2,34)21(31)23(33)35-25(26,27)28/h20-21,30-31,34H,3-19H2,1-2H3,(H,29,32). The van der Waals surface area contributed by atoms with E-state index >= 15 is 0 Å². The SMILES string of the molecule is CCCCCCCCCCCCCCCCCCNC(=O)C(O)C(C)(O)C(O)C(=O)OC(Cl)(Cl)Cl. The highest BCUT2D eigenvalue weighted by atomic mass is 35.6. The van der Waals surface area contributed by atoms with Gasteiger partial charge in [0.1, 0.15) is 5.60 Å². The minimum absolute atomic E-state index is 0.305. The lowest BCUT2D eigenvalue weighted by molar-refractivity contribution is -0.184. The van der Waals surface area contributed by atoms with Crippen LogP contribution in [-0.4, -0.2) is 55.5 Å². The van der Waals surface area contributed by atoms with E-state index in [1.54, 1.807) is 0 Å². The van der Waals surface area contributed by atoms with Gasteiger partial charge in [-0.3, -0.25) is 4.79 Å². The Labute approximate surface area is 226 Å². The summed E-state index contributed by atoms with van der Waals surface area (Å²) in [4.78, 5) is 23.8. The van der Waals surface area contributed by atoms with Crippen molar-refractivity contribution in [2.24, 2.45) is 0 Å². The maximum atomic E-state index is 12.1. The zero-order chi connectivity index (χ0) is 26.7. The van der Waals surface area contributed by atoms with Crippen LogP contribution in [0.5, 0.6) is 0 Å². The number of halogens is 3. The fourth-order valence-corrected chi connectivity index (χ4v) is 4.03. The topological polar surface area (TPSA) is 116 Å². The summed E-state index contributed by atoms with van der Waals surface area (Å²) >= 11 is 15.9. The molecular formula is C25H46Cl3NO6. The number of unbranched alkanes of at least 4 members (excludes halogenated alkanes) is 15. The second kappa shape index (κ2) is 19.8. The molecule has 35 heavy (non-hydrogen) atoms. The minimum Gasteiger partial charge on any atom is -0.413 e. The fraction of sp³-hybridized carbons (Fsp3) is 0.920. The number of ether oxygens (including phenoxy) is 1. The zero-order valence-corrected chi connectivity index (χ0v) is 23.6. The number of alkyl halides is 3. The van der Waals surface area contributed by atoms with Crippen LogP contribution in [0.1, 0.15) is 117 Å². The summed E-state index contributed by atoms with van der Waals surface area (Å²) in [7, 11) is 0. The van der Waals surface area contributed by atoms with Gasteiger partial charge in [0.15, 0.2) is 12.2 Å². The molecule has 3 unspecified atom stereocenters. The van der Waals surface area contributed by atoms with Crippen LogP contribution in [0.3, 0.4) is 0 Å². The molecular weight excluding hydrogens is 517 g/mol. The number of carbonyl (C=O) groups excluding carboxylic acids is 2. The number of carbonyl (C=O) groups is 2. The van der Waals surface area contributed by atoms with Crippen LogP contribution in [0.25, 0.3) is 0 Å². The van der Waals surface area contributed by atoms with E-state index in [1.165, 1.54) is 77.0 Å². The van der Waals surface area contributed by atoms with E-state index in [0.29, 0.717) is 6.54 Å². The molecule has 0 aromatic carbocycles. The normalized spacial score (nSPS) is 15.3. The molecule has 0 radical (unpaired) electrons. The summed E-state index contributed by atoms with van der Waals surface area (Å²) in [5.41, 5.74) is -2.54. The highest BCUT2D eigenvalue weighted by Gasteiger charge is 2.48. The van der Waals surface area contributed by atoms with Gasteiger partial charge in [0.25, 0.3) is 5.91 Å². The van der Waals surface area contributed by atoms with Gasteiger partial charge >= 0.3 is 9.95 Å². The summed E-state index contributed by atoms with van der Waals surface area (Å²) in [5, 5.41) is 32.7. The van der Waals surface area contributed by atoms with E-state index in [9.17, 15) is 24.9 Å². The molecule has 0 aliphatic carbocycles.